The summed E-state index contributed by atoms with van der Waals surface area (Å²) < 4.78 is 16.9. The van der Waals surface area contributed by atoms with E-state index in [1.54, 1.807) is 7.11 Å². The predicted octanol–water partition coefficient (Wildman–Crippen LogP) is 2.23. The molecule has 1 heterocycles. The van der Waals surface area contributed by atoms with Crippen LogP contribution in [0.3, 0.4) is 0 Å². The van der Waals surface area contributed by atoms with Crippen LogP contribution in [0.4, 0.5) is 0 Å². The Morgan fingerprint density at radius 3 is 2.62 bits per heavy atom. The third-order valence-corrected chi connectivity index (χ3v) is 2.45. The summed E-state index contributed by atoms with van der Waals surface area (Å²) in [5.74, 6) is 2.12. The summed E-state index contributed by atoms with van der Waals surface area (Å²) in [7, 11) is 1.61. The third-order valence-electron chi connectivity index (χ3n) is 1.82. The van der Waals surface area contributed by atoms with E-state index in [4.69, 9.17) is 14.2 Å². The minimum atomic E-state index is 0.569. The van der Waals surface area contributed by atoms with Crippen LogP contribution in [0.15, 0.2) is 16.6 Å². The predicted molar refractivity (Wildman–Crippen MR) is 51.7 cm³/mol. The lowest BCUT2D eigenvalue weighted by Gasteiger charge is -2.21. The van der Waals surface area contributed by atoms with Crippen molar-refractivity contribution in [1.82, 2.24) is 0 Å². The van der Waals surface area contributed by atoms with Gasteiger partial charge in [0, 0.05) is 0 Å². The number of hydrogen-bond donors (Lipinski definition) is 0. The monoisotopic (exact) mass is 244 g/mol. The molecule has 1 aromatic carbocycles. The van der Waals surface area contributed by atoms with Gasteiger partial charge in [-0.15, -0.1) is 0 Å². The number of hydrogen-bond acceptors (Lipinski definition) is 3. The molecule has 2 rings (SSSR count). The summed E-state index contributed by atoms with van der Waals surface area (Å²) in [5.41, 5.74) is 0. The fraction of sp³-hybridized carbons (Fsp3) is 0.333. The van der Waals surface area contributed by atoms with E-state index < -0.39 is 0 Å². The standard InChI is InChI=1S/C9H9BrO3/c1-11-7-3-2-6(10)8-9(7)13-5-4-12-8/h2-3H,4-5H2,1H3. The van der Waals surface area contributed by atoms with E-state index in [2.05, 4.69) is 15.9 Å². The summed E-state index contributed by atoms with van der Waals surface area (Å²) >= 11 is 3.38. The van der Waals surface area contributed by atoms with Crippen molar-refractivity contribution in [3.05, 3.63) is 16.6 Å². The molecule has 0 atom stereocenters. The minimum absolute atomic E-state index is 0.569. The maximum Gasteiger partial charge on any atom is 0.204 e. The average Bonchev–Trinajstić information content (AvgIpc) is 2.19. The van der Waals surface area contributed by atoms with Gasteiger partial charge in [0.05, 0.1) is 11.6 Å². The van der Waals surface area contributed by atoms with Crippen LogP contribution >= 0.6 is 15.9 Å². The zero-order chi connectivity index (χ0) is 9.26. The van der Waals surface area contributed by atoms with Crippen molar-refractivity contribution >= 4 is 15.9 Å². The van der Waals surface area contributed by atoms with E-state index in [1.807, 2.05) is 12.1 Å². The molecule has 1 aliphatic heterocycles. The lowest BCUT2D eigenvalue weighted by atomic mass is 10.3. The molecule has 0 saturated heterocycles. The van der Waals surface area contributed by atoms with E-state index in [1.165, 1.54) is 0 Å². The fourth-order valence-electron chi connectivity index (χ4n) is 1.24. The Morgan fingerprint density at radius 1 is 1.23 bits per heavy atom. The molecule has 0 N–H and O–H groups in total. The van der Waals surface area contributed by atoms with Gasteiger partial charge in [0.15, 0.2) is 11.5 Å². The summed E-state index contributed by atoms with van der Waals surface area (Å²) in [6.07, 6.45) is 0. The largest absolute Gasteiger partial charge is 0.493 e. The van der Waals surface area contributed by atoms with Crippen LogP contribution in [-0.4, -0.2) is 20.3 Å². The number of ether oxygens (including phenoxy) is 3. The molecule has 0 aliphatic carbocycles. The molecule has 1 aromatic rings. The van der Waals surface area contributed by atoms with Gasteiger partial charge in [0.25, 0.3) is 0 Å². The summed E-state index contributed by atoms with van der Waals surface area (Å²) in [6, 6.07) is 3.73. The highest BCUT2D eigenvalue weighted by Crippen LogP contribution is 2.43. The van der Waals surface area contributed by atoms with Gasteiger partial charge in [0.2, 0.25) is 5.75 Å². The second-order valence-corrected chi connectivity index (χ2v) is 3.46. The Morgan fingerprint density at radius 2 is 1.92 bits per heavy atom. The number of benzene rings is 1. The number of rotatable bonds is 1. The molecule has 1 aliphatic rings. The maximum absolute atomic E-state index is 5.45. The van der Waals surface area contributed by atoms with Gasteiger partial charge in [-0.2, -0.15) is 0 Å². The Labute approximate surface area is 84.7 Å². The van der Waals surface area contributed by atoms with Crippen LogP contribution in [0.25, 0.3) is 0 Å². The Bertz CT molecular complexity index is 325. The van der Waals surface area contributed by atoms with Crippen LogP contribution in [-0.2, 0) is 0 Å². The van der Waals surface area contributed by atoms with Gasteiger partial charge in [-0.05, 0) is 28.1 Å². The molecule has 0 saturated carbocycles. The SMILES string of the molecule is COc1ccc(Br)c2c1OCCO2. The van der Waals surface area contributed by atoms with Crippen LogP contribution in [0.1, 0.15) is 0 Å². The first-order chi connectivity index (χ1) is 6.33. The molecule has 0 amide bonds. The maximum atomic E-state index is 5.45. The van der Waals surface area contributed by atoms with Gasteiger partial charge in [0.1, 0.15) is 13.2 Å². The molecule has 0 radical (unpaired) electrons. The summed E-state index contributed by atoms with van der Waals surface area (Å²) in [5, 5.41) is 0. The molecular weight excluding hydrogens is 236 g/mol. The molecule has 0 aromatic heterocycles. The van der Waals surface area contributed by atoms with Gasteiger partial charge in [-0.25, -0.2) is 0 Å². The lowest BCUT2D eigenvalue weighted by Crippen LogP contribution is -2.16. The molecular formula is C9H9BrO3. The van der Waals surface area contributed by atoms with Crippen molar-refractivity contribution in [2.45, 2.75) is 0 Å². The smallest absolute Gasteiger partial charge is 0.204 e. The molecule has 0 unspecified atom stereocenters. The Hall–Kier alpha value is -0.900. The molecule has 4 heteroatoms. The quantitative estimate of drug-likeness (QED) is 0.759. The van der Waals surface area contributed by atoms with Gasteiger partial charge in [-0.1, -0.05) is 0 Å². The summed E-state index contributed by atoms with van der Waals surface area (Å²) in [4.78, 5) is 0. The summed E-state index contributed by atoms with van der Waals surface area (Å²) in [6.45, 7) is 1.15. The molecule has 0 fully saturated rings. The van der Waals surface area contributed by atoms with Crippen molar-refractivity contribution in [1.29, 1.82) is 0 Å². The van der Waals surface area contributed by atoms with Crippen LogP contribution < -0.4 is 14.2 Å². The lowest BCUT2D eigenvalue weighted by molar-refractivity contribution is 0.164. The molecule has 0 bridgehead atoms. The van der Waals surface area contributed by atoms with Crippen LogP contribution in [0.5, 0.6) is 17.2 Å². The third kappa shape index (κ3) is 1.46. The highest BCUT2D eigenvalue weighted by Gasteiger charge is 2.19. The number of fused-ring (bicyclic) bond motifs is 1. The van der Waals surface area contributed by atoms with Gasteiger partial charge in [-0.3, -0.25) is 0 Å². The normalized spacial score (nSPS) is 14.0. The van der Waals surface area contributed by atoms with Gasteiger partial charge >= 0.3 is 0 Å². The molecule has 13 heavy (non-hydrogen) atoms. The highest BCUT2D eigenvalue weighted by atomic mass is 79.9. The molecule has 70 valence electrons. The van der Waals surface area contributed by atoms with Crippen molar-refractivity contribution in [3.8, 4) is 17.2 Å². The topological polar surface area (TPSA) is 27.7 Å². The Balaban J connectivity index is 2.52. The average molecular weight is 245 g/mol. The second kappa shape index (κ2) is 3.46. The van der Waals surface area contributed by atoms with E-state index in [9.17, 15) is 0 Å². The molecule has 3 nitrogen and oxygen atoms in total. The highest BCUT2D eigenvalue weighted by molar-refractivity contribution is 9.10. The molecule has 0 spiro atoms. The van der Waals surface area contributed by atoms with Crippen LogP contribution in [0, 0.1) is 0 Å². The van der Waals surface area contributed by atoms with E-state index in [0.717, 1.165) is 10.2 Å². The number of halogens is 1. The minimum Gasteiger partial charge on any atom is -0.493 e. The van der Waals surface area contributed by atoms with E-state index >= 15 is 0 Å². The first-order valence-corrected chi connectivity index (χ1v) is 4.74. The second-order valence-electron chi connectivity index (χ2n) is 2.60. The van der Waals surface area contributed by atoms with Crippen molar-refractivity contribution in [2.75, 3.05) is 20.3 Å². The van der Waals surface area contributed by atoms with Crippen molar-refractivity contribution in [2.24, 2.45) is 0 Å². The first-order valence-electron chi connectivity index (χ1n) is 3.95. The van der Waals surface area contributed by atoms with E-state index in [0.29, 0.717) is 24.7 Å². The number of methoxy groups -OCH3 is 1. The van der Waals surface area contributed by atoms with Crippen LogP contribution in [0.2, 0.25) is 0 Å². The fourth-order valence-corrected chi connectivity index (χ4v) is 1.67. The van der Waals surface area contributed by atoms with Gasteiger partial charge < -0.3 is 14.2 Å². The zero-order valence-corrected chi connectivity index (χ0v) is 8.76. The van der Waals surface area contributed by atoms with E-state index in [-0.39, 0.29) is 0 Å². The van der Waals surface area contributed by atoms with Crippen molar-refractivity contribution < 1.29 is 14.2 Å². The zero-order valence-electron chi connectivity index (χ0n) is 7.17. The van der Waals surface area contributed by atoms with Crippen molar-refractivity contribution in [3.63, 3.8) is 0 Å². The first kappa shape index (κ1) is 8.69. The Kier molecular flexibility index (Phi) is 2.31.